The molecule has 0 amide bonds. The van der Waals surface area contributed by atoms with Gasteiger partial charge in [0.15, 0.2) is 0 Å². The van der Waals surface area contributed by atoms with Crippen LogP contribution < -0.4 is 5.32 Å². The number of hydrogen-bond acceptors (Lipinski definition) is 5. The topological polar surface area (TPSA) is 50.7 Å². The fourth-order valence-electron chi connectivity index (χ4n) is 1.66. The summed E-state index contributed by atoms with van der Waals surface area (Å²) in [5.41, 5.74) is 1.06. The molecule has 4 nitrogen and oxygen atoms in total. The maximum absolute atomic E-state index is 4.53. The second-order valence-corrected chi connectivity index (χ2v) is 6.20. The lowest BCUT2D eigenvalue weighted by atomic mass is 10.3. The third kappa shape index (κ3) is 3.70. The Kier molecular flexibility index (Phi) is 5.37. The van der Waals surface area contributed by atoms with Crippen LogP contribution in [0.1, 0.15) is 24.7 Å². The van der Waals surface area contributed by atoms with Crippen molar-refractivity contribution in [3.8, 4) is 0 Å². The summed E-state index contributed by atoms with van der Waals surface area (Å²) in [6.45, 7) is 7.00. The van der Waals surface area contributed by atoms with Crippen LogP contribution in [0.25, 0.3) is 0 Å². The van der Waals surface area contributed by atoms with Crippen LogP contribution in [0, 0.1) is 13.8 Å². The maximum atomic E-state index is 4.53. The number of anilines is 1. The van der Waals surface area contributed by atoms with Crippen molar-refractivity contribution < 1.29 is 0 Å². The zero-order chi connectivity index (χ0) is 14.5. The van der Waals surface area contributed by atoms with Gasteiger partial charge in [0.1, 0.15) is 21.7 Å². The van der Waals surface area contributed by atoms with Crippen LogP contribution in [-0.2, 0) is 0 Å². The highest BCUT2D eigenvalue weighted by Gasteiger charge is 2.12. The van der Waals surface area contributed by atoms with Gasteiger partial charge in [-0.3, -0.25) is 0 Å². The maximum Gasteiger partial charge on any atom is 0.133 e. The predicted molar refractivity (Wildman–Crippen MR) is 86.3 cm³/mol. The Hall–Kier alpha value is -1.14. The van der Waals surface area contributed by atoms with Crippen molar-refractivity contribution in [2.45, 2.75) is 37.2 Å². The zero-order valence-electron chi connectivity index (χ0n) is 11.8. The summed E-state index contributed by atoms with van der Waals surface area (Å²) in [6, 6.07) is 3.88. The Labute approximate surface area is 132 Å². The van der Waals surface area contributed by atoms with Crippen LogP contribution in [-0.4, -0.2) is 21.5 Å². The standard InChI is InChI=1S/C14H17BrN4S/c1-4-7-16-12-9(2)13(19-10(3)18-12)20-14-11(15)6-5-8-17-14/h5-6,8H,4,7H2,1-3H3,(H,16,18,19). The van der Waals surface area contributed by atoms with Crippen LogP contribution in [0.2, 0.25) is 0 Å². The molecule has 0 unspecified atom stereocenters. The van der Waals surface area contributed by atoms with E-state index in [1.807, 2.05) is 26.0 Å². The Morgan fingerprint density at radius 2 is 2.05 bits per heavy atom. The fraction of sp³-hybridized carbons (Fsp3) is 0.357. The molecule has 0 aliphatic heterocycles. The molecule has 0 atom stereocenters. The first-order valence-electron chi connectivity index (χ1n) is 6.49. The number of aromatic nitrogens is 3. The second kappa shape index (κ2) is 7.04. The Bertz CT molecular complexity index is 604. The minimum Gasteiger partial charge on any atom is -0.370 e. The number of nitrogens with zero attached hydrogens (tertiary/aromatic N) is 3. The van der Waals surface area contributed by atoms with Gasteiger partial charge in [-0.2, -0.15) is 0 Å². The average molecular weight is 353 g/mol. The molecule has 0 aliphatic carbocycles. The number of aryl methyl sites for hydroxylation is 1. The van der Waals surface area contributed by atoms with E-state index in [9.17, 15) is 0 Å². The van der Waals surface area contributed by atoms with Gasteiger partial charge in [0.25, 0.3) is 0 Å². The summed E-state index contributed by atoms with van der Waals surface area (Å²) in [5.74, 6) is 1.68. The highest BCUT2D eigenvalue weighted by molar-refractivity contribution is 9.10. The van der Waals surface area contributed by atoms with Gasteiger partial charge < -0.3 is 5.32 Å². The van der Waals surface area contributed by atoms with Gasteiger partial charge >= 0.3 is 0 Å². The van der Waals surface area contributed by atoms with Gasteiger partial charge in [0.2, 0.25) is 0 Å². The van der Waals surface area contributed by atoms with E-state index >= 15 is 0 Å². The summed E-state index contributed by atoms with van der Waals surface area (Å²) < 4.78 is 0.976. The number of nitrogens with one attached hydrogen (secondary N) is 1. The first-order chi connectivity index (χ1) is 9.61. The zero-order valence-corrected chi connectivity index (χ0v) is 14.2. The quantitative estimate of drug-likeness (QED) is 0.816. The van der Waals surface area contributed by atoms with E-state index in [0.717, 1.165) is 44.7 Å². The van der Waals surface area contributed by atoms with Crippen molar-refractivity contribution >= 4 is 33.5 Å². The summed E-state index contributed by atoms with van der Waals surface area (Å²) in [5, 5.41) is 5.20. The number of rotatable bonds is 5. The van der Waals surface area contributed by atoms with E-state index in [4.69, 9.17) is 0 Å². The number of pyridine rings is 1. The lowest BCUT2D eigenvalue weighted by molar-refractivity contribution is 0.906. The minimum atomic E-state index is 0.767. The number of halogens is 1. The summed E-state index contributed by atoms with van der Waals surface area (Å²) in [4.78, 5) is 13.4. The molecule has 0 saturated heterocycles. The van der Waals surface area contributed by atoms with Crippen LogP contribution in [0.5, 0.6) is 0 Å². The summed E-state index contributed by atoms with van der Waals surface area (Å²) >= 11 is 5.07. The molecule has 2 heterocycles. The van der Waals surface area contributed by atoms with E-state index in [1.54, 1.807) is 18.0 Å². The predicted octanol–water partition coefficient (Wildman–Crippen LogP) is 4.22. The average Bonchev–Trinajstić information content (AvgIpc) is 2.43. The fourth-order valence-corrected chi connectivity index (χ4v) is 3.04. The molecule has 6 heteroatoms. The highest BCUT2D eigenvalue weighted by Crippen LogP contribution is 2.33. The molecule has 0 saturated carbocycles. The largest absolute Gasteiger partial charge is 0.370 e. The second-order valence-electron chi connectivity index (χ2n) is 4.37. The van der Waals surface area contributed by atoms with Crippen molar-refractivity contribution in [1.82, 2.24) is 15.0 Å². The molecule has 1 N–H and O–H groups in total. The Morgan fingerprint density at radius 1 is 1.25 bits per heavy atom. The van der Waals surface area contributed by atoms with E-state index in [2.05, 4.69) is 43.1 Å². The van der Waals surface area contributed by atoms with Gasteiger partial charge in [-0.1, -0.05) is 6.92 Å². The summed E-state index contributed by atoms with van der Waals surface area (Å²) in [7, 11) is 0. The van der Waals surface area contributed by atoms with E-state index in [-0.39, 0.29) is 0 Å². The first-order valence-corrected chi connectivity index (χ1v) is 8.10. The van der Waals surface area contributed by atoms with Crippen molar-refractivity contribution in [3.63, 3.8) is 0 Å². The SMILES string of the molecule is CCCNc1nc(C)nc(Sc2ncccc2Br)c1C. The third-order valence-electron chi connectivity index (χ3n) is 2.67. The normalized spacial score (nSPS) is 10.6. The van der Waals surface area contributed by atoms with Crippen LogP contribution in [0.4, 0.5) is 5.82 Å². The molecule has 0 radical (unpaired) electrons. The molecule has 0 bridgehead atoms. The molecular weight excluding hydrogens is 336 g/mol. The first kappa shape index (κ1) is 15.3. The molecule has 20 heavy (non-hydrogen) atoms. The van der Waals surface area contributed by atoms with E-state index in [0.29, 0.717) is 0 Å². The lowest BCUT2D eigenvalue weighted by Crippen LogP contribution is -2.07. The van der Waals surface area contributed by atoms with Crippen LogP contribution >= 0.6 is 27.7 Å². The Morgan fingerprint density at radius 3 is 2.75 bits per heavy atom. The van der Waals surface area contributed by atoms with Crippen molar-refractivity contribution in [2.24, 2.45) is 0 Å². The monoisotopic (exact) mass is 352 g/mol. The molecule has 2 rings (SSSR count). The van der Waals surface area contributed by atoms with Crippen molar-refractivity contribution in [1.29, 1.82) is 0 Å². The smallest absolute Gasteiger partial charge is 0.133 e. The van der Waals surface area contributed by atoms with Gasteiger partial charge in [-0.15, -0.1) is 0 Å². The third-order valence-corrected chi connectivity index (χ3v) is 4.69. The van der Waals surface area contributed by atoms with E-state index < -0.39 is 0 Å². The molecule has 2 aromatic rings. The van der Waals surface area contributed by atoms with Crippen molar-refractivity contribution in [2.75, 3.05) is 11.9 Å². The molecule has 0 aliphatic rings. The molecule has 0 spiro atoms. The van der Waals surface area contributed by atoms with E-state index in [1.165, 1.54) is 0 Å². The van der Waals surface area contributed by atoms with Gasteiger partial charge in [-0.25, -0.2) is 15.0 Å². The van der Waals surface area contributed by atoms with Gasteiger partial charge in [-0.05, 0) is 60.1 Å². The van der Waals surface area contributed by atoms with Crippen molar-refractivity contribution in [3.05, 3.63) is 34.2 Å². The molecule has 0 fully saturated rings. The highest BCUT2D eigenvalue weighted by atomic mass is 79.9. The van der Waals surface area contributed by atoms with Gasteiger partial charge in [0.05, 0.1) is 4.47 Å². The molecule has 0 aromatic carbocycles. The molecular formula is C14H17BrN4S. The summed E-state index contributed by atoms with van der Waals surface area (Å²) in [6.07, 6.45) is 2.85. The van der Waals surface area contributed by atoms with Crippen LogP contribution in [0.3, 0.4) is 0 Å². The lowest BCUT2D eigenvalue weighted by Gasteiger charge is -2.12. The minimum absolute atomic E-state index is 0.767. The number of hydrogen-bond donors (Lipinski definition) is 1. The molecule has 2 aromatic heterocycles. The molecule has 106 valence electrons. The van der Waals surface area contributed by atoms with Gasteiger partial charge in [0, 0.05) is 18.3 Å². The Balaban J connectivity index is 2.32. The van der Waals surface area contributed by atoms with Crippen LogP contribution in [0.15, 0.2) is 32.9 Å².